The first-order valence-electron chi connectivity index (χ1n) is 9.26. The first-order valence-corrected chi connectivity index (χ1v) is 9.64. The average molecular weight is 386 g/mol. The van der Waals surface area contributed by atoms with Crippen molar-refractivity contribution in [2.24, 2.45) is 5.73 Å². The van der Waals surface area contributed by atoms with Crippen molar-refractivity contribution in [1.82, 2.24) is 0 Å². The summed E-state index contributed by atoms with van der Waals surface area (Å²) in [5.41, 5.74) is 8.45. The zero-order valence-corrected chi connectivity index (χ0v) is 16.0. The summed E-state index contributed by atoms with van der Waals surface area (Å²) in [6.07, 6.45) is 4.45. The van der Waals surface area contributed by atoms with E-state index in [2.05, 4.69) is 10.2 Å². The zero-order valence-electron chi connectivity index (χ0n) is 15.2. The molecule has 6 heteroatoms. The SMILES string of the molecule is NC(=O)c1ccc(N2CCCCC2)c(NC(=O)CCc2ccc(Cl)cc2)c1. The van der Waals surface area contributed by atoms with Gasteiger partial charge in [0.2, 0.25) is 11.8 Å². The van der Waals surface area contributed by atoms with Crippen LogP contribution in [0.15, 0.2) is 42.5 Å². The maximum Gasteiger partial charge on any atom is 0.248 e. The Morgan fingerprint density at radius 1 is 1.04 bits per heavy atom. The van der Waals surface area contributed by atoms with Crippen molar-refractivity contribution in [2.75, 3.05) is 23.3 Å². The van der Waals surface area contributed by atoms with Gasteiger partial charge in [-0.25, -0.2) is 0 Å². The lowest BCUT2D eigenvalue weighted by molar-refractivity contribution is -0.116. The van der Waals surface area contributed by atoms with Gasteiger partial charge in [0, 0.05) is 30.1 Å². The molecule has 1 aliphatic rings. The van der Waals surface area contributed by atoms with Gasteiger partial charge in [-0.15, -0.1) is 0 Å². The number of anilines is 2. The van der Waals surface area contributed by atoms with E-state index < -0.39 is 5.91 Å². The maximum atomic E-state index is 12.5. The largest absolute Gasteiger partial charge is 0.370 e. The summed E-state index contributed by atoms with van der Waals surface area (Å²) in [5.74, 6) is -0.596. The molecule has 3 N–H and O–H groups in total. The Bertz CT molecular complexity index is 815. The summed E-state index contributed by atoms with van der Waals surface area (Å²) in [6.45, 7) is 1.90. The number of hydrogen-bond donors (Lipinski definition) is 2. The Balaban J connectivity index is 1.72. The normalized spacial score (nSPS) is 14.0. The van der Waals surface area contributed by atoms with Gasteiger partial charge in [0.1, 0.15) is 0 Å². The summed E-state index contributed by atoms with van der Waals surface area (Å²) >= 11 is 5.89. The predicted octanol–water partition coefficient (Wildman–Crippen LogP) is 4.00. The van der Waals surface area contributed by atoms with Gasteiger partial charge >= 0.3 is 0 Å². The monoisotopic (exact) mass is 385 g/mol. The lowest BCUT2D eigenvalue weighted by atomic mass is 10.1. The molecule has 0 aromatic heterocycles. The number of primary amides is 1. The van der Waals surface area contributed by atoms with Crippen LogP contribution in [0.2, 0.25) is 5.02 Å². The summed E-state index contributed by atoms with van der Waals surface area (Å²) in [7, 11) is 0. The number of aryl methyl sites for hydroxylation is 1. The van der Waals surface area contributed by atoms with Crippen LogP contribution in [0.4, 0.5) is 11.4 Å². The second-order valence-corrected chi connectivity index (χ2v) is 7.25. The fourth-order valence-electron chi connectivity index (χ4n) is 3.32. The van der Waals surface area contributed by atoms with Gasteiger partial charge in [0.05, 0.1) is 11.4 Å². The number of hydrogen-bond acceptors (Lipinski definition) is 3. The highest BCUT2D eigenvalue weighted by atomic mass is 35.5. The number of nitrogens with one attached hydrogen (secondary N) is 1. The molecule has 1 aliphatic heterocycles. The van der Waals surface area contributed by atoms with Gasteiger partial charge in [0.25, 0.3) is 0 Å². The summed E-state index contributed by atoms with van der Waals surface area (Å²) in [5, 5.41) is 3.65. The number of rotatable bonds is 6. The number of halogens is 1. The van der Waals surface area contributed by atoms with Crippen molar-refractivity contribution in [2.45, 2.75) is 32.1 Å². The smallest absolute Gasteiger partial charge is 0.248 e. The highest BCUT2D eigenvalue weighted by Crippen LogP contribution is 2.30. The predicted molar refractivity (Wildman–Crippen MR) is 109 cm³/mol. The second-order valence-electron chi connectivity index (χ2n) is 6.82. The number of carbonyl (C=O) groups excluding carboxylic acids is 2. The number of nitrogens with zero attached hydrogens (tertiary/aromatic N) is 1. The fourth-order valence-corrected chi connectivity index (χ4v) is 3.45. The molecular weight excluding hydrogens is 362 g/mol. The van der Waals surface area contributed by atoms with E-state index in [0.29, 0.717) is 29.1 Å². The molecule has 3 rings (SSSR count). The number of nitrogens with two attached hydrogens (primary N) is 1. The van der Waals surface area contributed by atoms with Crippen LogP contribution in [-0.4, -0.2) is 24.9 Å². The van der Waals surface area contributed by atoms with Crippen molar-refractivity contribution in [3.63, 3.8) is 0 Å². The molecule has 5 nitrogen and oxygen atoms in total. The summed E-state index contributed by atoms with van der Waals surface area (Å²) in [4.78, 5) is 26.3. The molecule has 0 bridgehead atoms. The summed E-state index contributed by atoms with van der Waals surface area (Å²) in [6, 6.07) is 12.7. The third-order valence-electron chi connectivity index (χ3n) is 4.81. The Kier molecular flexibility index (Phi) is 6.35. The molecule has 0 aliphatic carbocycles. The van der Waals surface area contributed by atoms with E-state index in [-0.39, 0.29) is 5.91 Å². The molecule has 0 spiro atoms. The minimum atomic E-state index is -0.503. The van der Waals surface area contributed by atoms with Crippen LogP contribution in [0.25, 0.3) is 0 Å². The second kappa shape index (κ2) is 8.91. The van der Waals surface area contributed by atoms with E-state index in [1.165, 1.54) is 6.42 Å². The Hall–Kier alpha value is -2.53. The highest BCUT2D eigenvalue weighted by Gasteiger charge is 2.17. The van der Waals surface area contributed by atoms with E-state index in [0.717, 1.165) is 37.2 Å². The van der Waals surface area contributed by atoms with Gasteiger partial charge in [-0.2, -0.15) is 0 Å². The topological polar surface area (TPSA) is 75.4 Å². The van der Waals surface area contributed by atoms with Crippen LogP contribution in [0, 0.1) is 0 Å². The molecule has 2 aromatic carbocycles. The van der Waals surface area contributed by atoms with Crippen LogP contribution in [0.1, 0.15) is 41.6 Å². The fraction of sp³-hybridized carbons (Fsp3) is 0.333. The number of piperidine rings is 1. The van der Waals surface area contributed by atoms with Crippen molar-refractivity contribution < 1.29 is 9.59 Å². The van der Waals surface area contributed by atoms with Gasteiger partial charge in [-0.3, -0.25) is 9.59 Å². The molecule has 2 aromatic rings. The minimum absolute atomic E-state index is 0.0928. The lowest BCUT2D eigenvalue weighted by Crippen LogP contribution is -2.30. The van der Waals surface area contributed by atoms with Gasteiger partial charge < -0.3 is 16.0 Å². The standard InChI is InChI=1S/C21H24ClN3O2/c22-17-8-4-15(5-9-17)6-11-20(26)24-18-14-16(21(23)27)7-10-19(18)25-12-2-1-3-13-25/h4-5,7-10,14H,1-3,6,11-13H2,(H2,23,27)(H,24,26). The van der Waals surface area contributed by atoms with Crippen LogP contribution in [-0.2, 0) is 11.2 Å². The highest BCUT2D eigenvalue weighted by molar-refractivity contribution is 6.30. The van der Waals surface area contributed by atoms with Crippen LogP contribution in [0.3, 0.4) is 0 Å². The molecule has 1 heterocycles. The van der Waals surface area contributed by atoms with Gasteiger partial charge in [-0.1, -0.05) is 23.7 Å². The third-order valence-corrected chi connectivity index (χ3v) is 5.06. The average Bonchev–Trinajstić information content (AvgIpc) is 2.68. The number of carbonyl (C=O) groups is 2. The van der Waals surface area contributed by atoms with E-state index in [4.69, 9.17) is 17.3 Å². The molecule has 142 valence electrons. The van der Waals surface area contributed by atoms with Gasteiger partial charge in [-0.05, 0) is 61.6 Å². The lowest BCUT2D eigenvalue weighted by Gasteiger charge is -2.30. The summed E-state index contributed by atoms with van der Waals surface area (Å²) < 4.78 is 0. The maximum absolute atomic E-state index is 12.5. The first kappa shape index (κ1) is 19.2. The first-order chi connectivity index (χ1) is 13.0. The number of amides is 2. The molecular formula is C21H24ClN3O2. The number of benzene rings is 2. The van der Waals surface area contributed by atoms with Crippen molar-refractivity contribution in [3.05, 3.63) is 58.6 Å². The van der Waals surface area contributed by atoms with E-state index in [1.807, 2.05) is 30.3 Å². The van der Waals surface area contributed by atoms with E-state index >= 15 is 0 Å². The Morgan fingerprint density at radius 2 is 1.74 bits per heavy atom. The van der Waals surface area contributed by atoms with E-state index in [9.17, 15) is 9.59 Å². The third kappa shape index (κ3) is 5.23. The zero-order chi connectivity index (χ0) is 19.2. The van der Waals surface area contributed by atoms with E-state index in [1.54, 1.807) is 12.1 Å². The van der Waals surface area contributed by atoms with Crippen molar-refractivity contribution in [3.8, 4) is 0 Å². The Labute approximate surface area is 164 Å². The minimum Gasteiger partial charge on any atom is -0.370 e. The molecule has 0 radical (unpaired) electrons. The molecule has 1 fully saturated rings. The molecule has 0 unspecified atom stereocenters. The molecule has 1 saturated heterocycles. The molecule has 27 heavy (non-hydrogen) atoms. The van der Waals surface area contributed by atoms with Crippen LogP contribution >= 0.6 is 11.6 Å². The van der Waals surface area contributed by atoms with Crippen molar-refractivity contribution in [1.29, 1.82) is 0 Å². The van der Waals surface area contributed by atoms with Crippen LogP contribution in [0.5, 0.6) is 0 Å². The molecule has 0 atom stereocenters. The van der Waals surface area contributed by atoms with Crippen molar-refractivity contribution >= 4 is 34.8 Å². The quantitative estimate of drug-likeness (QED) is 0.789. The molecule has 0 saturated carbocycles. The molecule has 2 amide bonds. The Morgan fingerprint density at radius 3 is 2.41 bits per heavy atom. The van der Waals surface area contributed by atoms with Crippen LogP contribution < -0.4 is 16.0 Å². The van der Waals surface area contributed by atoms with Gasteiger partial charge in [0.15, 0.2) is 0 Å².